The fraction of sp³-hybridized carbons (Fsp3) is 0.857. The van der Waals surface area contributed by atoms with Gasteiger partial charge in [-0.1, -0.05) is 0 Å². The Hall–Kier alpha value is 0.280. The Morgan fingerprint density at radius 3 is 2.56 bits per heavy atom. The van der Waals surface area contributed by atoms with Crippen molar-refractivity contribution in [2.24, 2.45) is 0 Å². The predicted octanol–water partition coefficient (Wildman–Crippen LogP) is 1.78. The molecular weight excluding hydrogens is 226 g/mol. The zero-order chi connectivity index (χ0) is 7.33. The van der Waals surface area contributed by atoms with Crippen LogP contribution in [-0.2, 0) is 0 Å². The van der Waals surface area contributed by atoms with E-state index >= 15 is 0 Å². The van der Waals surface area contributed by atoms with Gasteiger partial charge in [-0.25, -0.2) is 0 Å². The molecule has 0 amide bonds. The van der Waals surface area contributed by atoms with Crippen LogP contribution in [0.2, 0.25) is 3.46 Å². The van der Waals surface area contributed by atoms with Crippen molar-refractivity contribution in [1.29, 1.82) is 5.26 Å². The molecule has 52 valence electrons. The minimum absolute atomic E-state index is 0.0512. The van der Waals surface area contributed by atoms with Crippen molar-refractivity contribution in [2.45, 2.75) is 36.6 Å². The van der Waals surface area contributed by atoms with E-state index in [0.717, 1.165) is 6.42 Å². The van der Waals surface area contributed by atoms with Crippen LogP contribution in [0.3, 0.4) is 0 Å². The zero-order valence-electron chi connectivity index (χ0n) is 6.02. The first-order valence-corrected chi connectivity index (χ1v) is 4.53. The Morgan fingerprint density at radius 2 is 2.22 bits per heavy atom. The molecule has 0 fully saturated rings. The third kappa shape index (κ3) is 4.76. The van der Waals surface area contributed by atoms with Crippen molar-refractivity contribution in [3.05, 3.63) is 0 Å². The molecule has 0 N–H and O–H groups in total. The number of hydrogen-bond donors (Lipinski definition) is 0. The van der Waals surface area contributed by atoms with E-state index in [-0.39, 0.29) is 3.46 Å². The maximum atomic E-state index is 8.58. The Bertz CT molecular complexity index is 113. The van der Waals surface area contributed by atoms with Crippen LogP contribution in [0.1, 0.15) is 33.1 Å². The maximum absolute atomic E-state index is 8.58. The van der Waals surface area contributed by atoms with Crippen molar-refractivity contribution >= 4 is 22.3 Å². The molecule has 0 aliphatic heterocycles. The molecule has 0 aromatic carbocycles. The number of nitrogens with zero attached hydrogens (tertiary/aromatic N) is 1. The van der Waals surface area contributed by atoms with Crippen molar-refractivity contribution < 1.29 is 0 Å². The van der Waals surface area contributed by atoms with Crippen LogP contribution < -0.4 is 0 Å². The zero-order valence-corrected chi connectivity index (χ0v) is 8.57. The Morgan fingerprint density at radius 1 is 1.67 bits per heavy atom. The fourth-order valence-electron chi connectivity index (χ4n) is 0.577. The van der Waals surface area contributed by atoms with Gasteiger partial charge in [-0.05, 0) is 0 Å². The van der Waals surface area contributed by atoms with Crippen LogP contribution in [0.15, 0.2) is 0 Å². The summed E-state index contributed by atoms with van der Waals surface area (Å²) in [6.07, 6.45) is 3.42. The van der Waals surface area contributed by atoms with Gasteiger partial charge in [-0.2, -0.15) is 0 Å². The first kappa shape index (κ1) is 9.28. The molecule has 0 saturated carbocycles. The molecule has 2 heteroatoms. The van der Waals surface area contributed by atoms with E-state index in [1.807, 2.05) is 6.92 Å². The number of unbranched alkanes of at least 4 members (excludes halogenated alkanes) is 1. The summed E-state index contributed by atoms with van der Waals surface area (Å²) in [5.41, 5.74) is 0. The molecule has 0 aliphatic carbocycles. The predicted molar refractivity (Wildman–Crippen MR) is 40.7 cm³/mol. The van der Waals surface area contributed by atoms with Gasteiger partial charge in [0.2, 0.25) is 0 Å². The van der Waals surface area contributed by atoms with E-state index in [2.05, 4.69) is 13.0 Å². The van der Waals surface area contributed by atoms with Crippen LogP contribution in [0.4, 0.5) is 0 Å². The van der Waals surface area contributed by atoms with E-state index in [4.69, 9.17) is 5.26 Å². The van der Waals surface area contributed by atoms with Crippen molar-refractivity contribution in [3.63, 3.8) is 0 Å². The van der Waals surface area contributed by atoms with Crippen molar-refractivity contribution in [1.82, 2.24) is 0 Å². The number of rotatable bonds is 3. The van der Waals surface area contributed by atoms with Gasteiger partial charge in [0.05, 0.1) is 0 Å². The summed E-state index contributed by atoms with van der Waals surface area (Å²) < 4.78 is -0.0512. The van der Waals surface area contributed by atoms with E-state index in [9.17, 15) is 0 Å². The van der Waals surface area contributed by atoms with Gasteiger partial charge in [-0.3, -0.25) is 0 Å². The van der Waals surface area contributed by atoms with Crippen LogP contribution in [-0.4, -0.2) is 22.3 Å². The molecule has 9 heavy (non-hydrogen) atoms. The molecule has 0 heterocycles. The van der Waals surface area contributed by atoms with E-state index in [1.54, 1.807) is 22.3 Å². The minimum atomic E-state index is -0.0512. The van der Waals surface area contributed by atoms with Gasteiger partial charge < -0.3 is 0 Å². The Balaban J connectivity index is 3.49. The molecule has 1 nitrogen and oxygen atoms in total. The summed E-state index contributed by atoms with van der Waals surface area (Å²) in [6, 6.07) is 2.30. The number of hydrogen-bond acceptors (Lipinski definition) is 1. The Kier molecular flexibility index (Phi) is 4.28. The monoisotopic (exact) mass is 241 g/mol. The summed E-state index contributed by atoms with van der Waals surface area (Å²) in [7, 11) is 0. The third-order valence-electron chi connectivity index (χ3n) is 1.26. The summed E-state index contributed by atoms with van der Waals surface area (Å²) in [5, 5.41) is 8.58. The van der Waals surface area contributed by atoms with Crippen molar-refractivity contribution in [3.8, 4) is 6.07 Å². The van der Waals surface area contributed by atoms with Gasteiger partial charge in [0.25, 0.3) is 0 Å². The standard InChI is InChI=1S/C7H13NTe/c1-3-4-5-7(2,9)6-8/h9H,3-5H2,1-2H3. The van der Waals surface area contributed by atoms with Gasteiger partial charge in [0.1, 0.15) is 0 Å². The van der Waals surface area contributed by atoms with Gasteiger partial charge in [-0.15, -0.1) is 0 Å². The molecule has 0 saturated heterocycles. The van der Waals surface area contributed by atoms with E-state index in [0.29, 0.717) is 0 Å². The molecule has 1 atom stereocenters. The van der Waals surface area contributed by atoms with E-state index < -0.39 is 0 Å². The molecule has 0 aromatic heterocycles. The summed E-state index contributed by atoms with van der Waals surface area (Å²) in [4.78, 5) is 0. The second kappa shape index (κ2) is 4.15. The fourth-order valence-corrected chi connectivity index (χ4v) is 1.03. The molecule has 0 radical (unpaired) electrons. The summed E-state index contributed by atoms with van der Waals surface area (Å²) in [5.74, 6) is 0. The molecule has 0 aliphatic rings. The average Bonchev–Trinajstić information content (AvgIpc) is 1.84. The topological polar surface area (TPSA) is 23.8 Å². The first-order chi connectivity index (χ1) is 4.12. The second-order valence-electron chi connectivity index (χ2n) is 2.49. The SMILES string of the molecule is CCCCC(C)([TeH])C#N. The summed E-state index contributed by atoms with van der Waals surface area (Å²) in [6.45, 7) is 4.16. The molecule has 0 spiro atoms. The van der Waals surface area contributed by atoms with E-state index in [1.165, 1.54) is 12.8 Å². The van der Waals surface area contributed by atoms with Crippen LogP contribution in [0, 0.1) is 11.3 Å². The van der Waals surface area contributed by atoms with Gasteiger partial charge >= 0.3 is 70.2 Å². The van der Waals surface area contributed by atoms with Crippen LogP contribution in [0.25, 0.3) is 0 Å². The quantitative estimate of drug-likeness (QED) is 0.688. The van der Waals surface area contributed by atoms with Crippen molar-refractivity contribution in [2.75, 3.05) is 0 Å². The van der Waals surface area contributed by atoms with Gasteiger partial charge in [0, 0.05) is 0 Å². The average molecular weight is 239 g/mol. The van der Waals surface area contributed by atoms with Crippen LogP contribution in [0.5, 0.6) is 0 Å². The number of nitriles is 1. The molecular formula is C7H13NTe. The van der Waals surface area contributed by atoms with Gasteiger partial charge in [0.15, 0.2) is 0 Å². The van der Waals surface area contributed by atoms with Crippen LogP contribution >= 0.6 is 0 Å². The molecule has 0 aromatic rings. The Labute approximate surface area is 70.3 Å². The first-order valence-electron chi connectivity index (χ1n) is 3.26. The molecule has 0 rings (SSSR count). The normalized spacial score (nSPS) is 16.2. The summed E-state index contributed by atoms with van der Waals surface area (Å²) >= 11 is 1.63. The second-order valence-corrected chi connectivity index (χ2v) is 5.31. The molecule has 1 unspecified atom stereocenters. The third-order valence-corrected chi connectivity index (χ3v) is 2.18. The molecule has 0 bridgehead atoms.